The molecule has 132 valence electrons. The topological polar surface area (TPSA) is 0 Å². The van der Waals surface area contributed by atoms with E-state index in [0.717, 1.165) is 23.0 Å². The molecule has 1 saturated carbocycles. The molecule has 0 unspecified atom stereocenters. The van der Waals surface area contributed by atoms with Gasteiger partial charge in [-0.15, -0.1) is 0 Å². The molecule has 25 heavy (non-hydrogen) atoms. The third-order valence-electron chi connectivity index (χ3n) is 5.36. The Hall–Kier alpha value is -1.60. The van der Waals surface area contributed by atoms with Crippen molar-refractivity contribution in [3.05, 3.63) is 70.0 Å². The van der Waals surface area contributed by atoms with Crippen molar-refractivity contribution < 1.29 is 4.39 Å². The van der Waals surface area contributed by atoms with Crippen LogP contribution >= 0.6 is 11.6 Å². The Morgan fingerprint density at radius 3 is 2.24 bits per heavy atom. The molecule has 0 atom stereocenters. The van der Waals surface area contributed by atoms with Crippen LogP contribution in [0.25, 0.3) is 12.2 Å². The van der Waals surface area contributed by atoms with Crippen LogP contribution in [-0.4, -0.2) is 0 Å². The molecule has 0 N–H and O–H groups in total. The van der Waals surface area contributed by atoms with Gasteiger partial charge < -0.3 is 0 Å². The molecule has 0 amide bonds. The first-order chi connectivity index (χ1) is 12.2. The molecule has 0 radical (unpaired) electrons. The predicted octanol–water partition coefficient (Wildman–Crippen LogP) is 7.72. The molecule has 2 heteroatoms. The van der Waals surface area contributed by atoms with Crippen LogP contribution in [0.15, 0.2) is 42.5 Å². The van der Waals surface area contributed by atoms with Gasteiger partial charge in [-0.05, 0) is 66.3 Å². The average molecular weight is 357 g/mol. The quantitative estimate of drug-likeness (QED) is 0.481. The van der Waals surface area contributed by atoms with Gasteiger partial charge >= 0.3 is 0 Å². The first kappa shape index (κ1) is 18.2. The van der Waals surface area contributed by atoms with Crippen LogP contribution in [0.4, 0.5) is 4.39 Å². The van der Waals surface area contributed by atoms with Crippen molar-refractivity contribution in [3.63, 3.8) is 0 Å². The van der Waals surface area contributed by atoms with E-state index < -0.39 is 0 Å². The van der Waals surface area contributed by atoms with Gasteiger partial charge in [-0.2, -0.15) is 0 Å². The van der Waals surface area contributed by atoms with E-state index in [0.29, 0.717) is 0 Å². The fraction of sp³-hybridized carbons (Fsp3) is 0.391. The summed E-state index contributed by atoms with van der Waals surface area (Å²) in [5, 5.41) is 0.162. The lowest BCUT2D eigenvalue weighted by atomic mass is 9.77. The molecule has 0 spiro atoms. The molecule has 1 aliphatic rings. The maximum Gasteiger partial charge on any atom is 0.142 e. The van der Waals surface area contributed by atoms with Crippen molar-refractivity contribution in [2.75, 3.05) is 0 Å². The number of hydrogen-bond acceptors (Lipinski definition) is 0. The Morgan fingerprint density at radius 1 is 0.960 bits per heavy atom. The summed E-state index contributed by atoms with van der Waals surface area (Å²) < 4.78 is 13.5. The minimum atomic E-state index is -0.377. The number of rotatable bonds is 5. The highest BCUT2D eigenvalue weighted by Crippen LogP contribution is 2.37. The standard InChI is InChI=1S/C23H26ClF/c1-2-3-17-6-11-20(12-7-17)21-13-8-18(9-14-21)4-5-19-10-15-22(24)23(25)16-19/h4-5,8-10,13-17,20H,2-3,6-7,11-12H2,1H3. The number of hydrogen-bond donors (Lipinski definition) is 0. The second kappa shape index (κ2) is 8.67. The minimum absolute atomic E-state index is 0.162. The van der Waals surface area contributed by atoms with Crippen LogP contribution in [0.3, 0.4) is 0 Å². The van der Waals surface area contributed by atoms with Crippen LogP contribution in [0.1, 0.15) is 68.1 Å². The minimum Gasteiger partial charge on any atom is -0.205 e. The van der Waals surface area contributed by atoms with Crippen molar-refractivity contribution in [2.24, 2.45) is 5.92 Å². The van der Waals surface area contributed by atoms with Gasteiger partial charge in [-0.1, -0.05) is 73.9 Å². The highest BCUT2D eigenvalue weighted by molar-refractivity contribution is 6.30. The van der Waals surface area contributed by atoms with Gasteiger partial charge in [0, 0.05) is 0 Å². The van der Waals surface area contributed by atoms with Gasteiger partial charge in [0.15, 0.2) is 0 Å². The van der Waals surface area contributed by atoms with Gasteiger partial charge in [0.25, 0.3) is 0 Å². The Morgan fingerprint density at radius 2 is 1.60 bits per heavy atom. The highest BCUT2D eigenvalue weighted by atomic mass is 35.5. The number of halogens is 2. The normalized spacial score (nSPS) is 20.9. The maximum absolute atomic E-state index is 13.5. The zero-order valence-corrected chi connectivity index (χ0v) is 15.6. The van der Waals surface area contributed by atoms with E-state index >= 15 is 0 Å². The third kappa shape index (κ3) is 4.95. The van der Waals surface area contributed by atoms with E-state index in [1.54, 1.807) is 6.07 Å². The van der Waals surface area contributed by atoms with E-state index in [4.69, 9.17) is 11.6 Å². The fourth-order valence-electron chi connectivity index (χ4n) is 3.88. The Bertz CT molecular complexity index is 709. The van der Waals surface area contributed by atoms with Crippen LogP contribution in [0, 0.1) is 11.7 Å². The SMILES string of the molecule is CCCC1CCC(c2ccc(C=Cc3ccc(Cl)c(F)c3)cc2)CC1. The average Bonchev–Trinajstić information content (AvgIpc) is 2.64. The molecule has 0 nitrogen and oxygen atoms in total. The maximum atomic E-state index is 13.5. The smallest absolute Gasteiger partial charge is 0.142 e. The van der Waals surface area contributed by atoms with Gasteiger partial charge in [0.1, 0.15) is 5.82 Å². The van der Waals surface area contributed by atoms with Crippen molar-refractivity contribution in [1.82, 2.24) is 0 Å². The summed E-state index contributed by atoms with van der Waals surface area (Å²) in [7, 11) is 0. The summed E-state index contributed by atoms with van der Waals surface area (Å²) in [6.45, 7) is 2.29. The van der Waals surface area contributed by atoms with Gasteiger partial charge in [-0.3, -0.25) is 0 Å². The molecular formula is C23H26ClF. The van der Waals surface area contributed by atoms with E-state index in [1.807, 2.05) is 18.2 Å². The van der Waals surface area contributed by atoms with Crippen LogP contribution < -0.4 is 0 Å². The molecule has 0 aliphatic heterocycles. The summed E-state index contributed by atoms with van der Waals surface area (Å²) in [5.41, 5.74) is 3.42. The first-order valence-corrected chi connectivity index (χ1v) is 9.76. The van der Waals surface area contributed by atoms with E-state index in [1.165, 1.54) is 50.2 Å². The molecule has 0 bridgehead atoms. The van der Waals surface area contributed by atoms with Crippen LogP contribution in [0.5, 0.6) is 0 Å². The largest absolute Gasteiger partial charge is 0.205 e. The first-order valence-electron chi connectivity index (χ1n) is 9.39. The number of benzene rings is 2. The zero-order chi connectivity index (χ0) is 17.6. The molecule has 1 fully saturated rings. The Kier molecular flexibility index (Phi) is 6.31. The van der Waals surface area contributed by atoms with Crippen molar-refractivity contribution in [3.8, 4) is 0 Å². The molecule has 2 aromatic rings. The van der Waals surface area contributed by atoms with Gasteiger partial charge in [-0.25, -0.2) is 4.39 Å². The van der Waals surface area contributed by atoms with Crippen molar-refractivity contribution in [1.29, 1.82) is 0 Å². The van der Waals surface area contributed by atoms with E-state index in [2.05, 4.69) is 31.2 Å². The van der Waals surface area contributed by atoms with Crippen LogP contribution in [0.2, 0.25) is 5.02 Å². The Balaban J connectivity index is 1.60. The molecule has 1 aliphatic carbocycles. The lowest BCUT2D eigenvalue weighted by Gasteiger charge is -2.28. The second-order valence-corrected chi connectivity index (χ2v) is 7.59. The lowest BCUT2D eigenvalue weighted by molar-refractivity contribution is 0.308. The Labute approximate surface area is 155 Å². The molecule has 0 saturated heterocycles. The van der Waals surface area contributed by atoms with Crippen LogP contribution in [-0.2, 0) is 0 Å². The summed E-state index contributed by atoms with van der Waals surface area (Å²) in [6.07, 6.45) is 12.0. The fourth-order valence-corrected chi connectivity index (χ4v) is 4.00. The molecule has 3 rings (SSSR count). The van der Waals surface area contributed by atoms with Gasteiger partial charge in [0.2, 0.25) is 0 Å². The second-order valence-electron chi connectivity index (χ2n) is 7.18. The predicted molar refractivity (Wildman–Crippen MR) is 106 cm³/mol. The lowest BCUT2D eigenvalue weighted by Crippen LogP contribution is -2.13. The molecule has 0 aromatic heterocycles. The zero-order valence-electron chi connectivity index (χ0n) is 14.8. The molecule has 0 heterocycles. The molecule has 2 aromatic carbocycles. The summed E-state index contributed by atoms with van der Waals surface area (Å²) in [4.78, 5) is 0. The summed E-state index contributed by atoms with van der Waals surface area (Å²) in [6, 6.07) is 13.7. The van der Waals surface area contributed by atoms with Gasteiger partial charge in [0.05, 0.1) is 5.02 Å². The van der Waals surface area contributed by atoms with Crippen molar-refractivity contribution in [2.45, 2.75) is 51.4 Å². The van der Waals surface area contributed by atoms with E-state index in [-0.39, 0.29) is 10.8 Å². The molecular weight excluding hydrogens is 331 g/mol. The van der Waals surface area contributed by atoms with E-state index in [9.17, 15) is 4.39 Å². The summed E-state index contributed by atoms with van der Waals surface area (Å²) in [5.74, 6) is 1.29. The monoisotopic (exact) mass is 356 g/mol. The third-order valence-corrected chi connectivity index (χ3v) is 5.67. The highest BCUT2D eigenvalue weighted by Gasteiger charge is 2.21. The summed E-state index contributed by atoms with van der Waals surface area (Å²) >= 11 is 5.72. The van der Waals surface area contributed by atoms with Crippen molar-refractivity contribution >= 4 is 23.8 Å².